The number of rotatable bonds is 16. The van der Waals surface area contributed by atoms with Crippen LogP contribution in [0.1, 0.15) is 109 Å². The van der Waals surface area contributed by atoms with Crippen molar-refractivity contribution in [1.82, 2.24) is 35.8 Å². The zero-order chi connectivity index (χ0) is 39.0. The fourth-order valence-electron chi connectivity index (χ4n) is 7.27. The summed E-state index contributed by atoms with van der Waals surface area (Å²) >= 11 is 6.02. The number of halogens is 1. The molecule has 5 atom stereocenters. The lowest BCUT2D eigenvalue weighted by Gasteiger charge is -2.37. The summed E-state index contributed by atoms with van der Waals surface area (Å²) in [6.07, 6.45) is 11.9. The molecule has 2 aliphatic carbocycles. The molecule has 2 aromatic rings. The highest BCUT2D eigenvalue weighted by Crippen LogP contribution is 2.34. The number of likely N-dealkylation sites (tertiary alicyclic amines) is 1. The molecule has 2 saturated carbocycles. The zero-order valence-electron chi connectivity index (χ0n) is 31.5. The van der Waals surface area contributed by atoms with Crippen molar-refractivity contribution >= 4 is 46.8 Å². The van der Waals surface area contributed by atoms with Crippen LogP contribution in [0, 0.1) is 17.3 Å². The third kappa shape index (κ3) is 10.8. The van der Waals surface area contributed by atoms with Gasteiger partial charge in [-0.05, 0) is 49.5 Å². The first-order valence-corrected chi connectivity index (χ1v) is 19.5. The van der Waals surface area contributed by atoms with Gasteiger partial charge in [0.2, 0.25) is 29.4 Å². The van der Waals surface area contributed by atoms with Crippen LogP contribution < -0.4 is 20.7 Å². The van der Waals surface area contributed by atoms with Crippen LogP contribution in [0.3, 0.4) is 0 Å². The number of Topliss-reactive ketones (excluding diaryl/α,β-unsaturated/α-hetero) is 2. The van der Waals surface area contributed by atoms with Crippen molar-refractivity contribution in [3.8, 4) is 5.88 Å². The molecule has 3 fully saturated rings. The molecule has 1 aliphatic heterocycles. The van der Waals surface area contributed by atoms with Crippen LogP contribution in [0.4, 0.5) is 0 Å². The second-order valence-corrected chi connectivity index (χ2v) is 16.2. The predicted molar refractivity (Wildman–Crippen MR) is 199 cm³/mol. The van der Waals surface area contributed by atoms with Gasteiger partial charge >= 0.3 is 0 Å². The largest absolute Gasteiger partial charge is 0.472 e. The molecule has 292 valence electrons. The van der Waals surface area contributed by atoms with E-state index in [9.17, 15) is 28.8 Å². The van der Waals surface area contributed by atoms with Crippen molar-refractivity contribution in [2.75, 3.05) is 6.54 Å². The van der Waals surface area contributed by atoms with Crippen LogP contribution in [-0.4, -0.2) is 91.9 Å². The van der Waals surface area contributed by atoms with Crippen LogP contribution in [-0.2, 0) is 24.0 Å². The number of amides is 4. The highest BCUT2D eigenvalue weighted by atomic mass is 35.5. The maximum Gasteiger partial charge on any atom is 0.289 e. The Morgan fingerprint density at radius 1 is 0.963 bits per heavy atom. The molecule has 14 nitrogen and oxygen atoms in total. The van der Waals surface area contributed by atoms with Gasteiger partial charge in [0.15, 0.2) is 5.78 Å². The standard InChI is InChI=1S/C39H52ClN7O7/c1-5-9-28(33(49)37(52)44-25-13-14-25)45-36(51)30-18-26(54-32-15-12-24(40)20-43-32)22-47(30)38(53)34(39(2,3)4)46-35(50)27(23-10-7-6-8-11-23)19-31(48)29-21-41-16-17-42-29/h12,15-17,20-21,23,25-28,30,34H,5-11,13-14,18-19,22H2,1-4H3,(H,44,52)(H,45,51)(H,46,50)/t26-,27+,28+,30+,34-/m1/s1. The first-order valence-electron chi connectivity index (χ1n) is 19.1. The molecule has 2 aromatic heterocycles. The Bertz CT molecular complexity index is 1660. The molecule has 54 heavy (non-hydrogen) atoms. The summed E-state index contributed by atoms with van der Waals surface area (Å²) < 4.78 is 6.12. The van der Waals surface area contributed by atoms with Gasteiger partial charge in [0, 0.05) is 49.5 Å². The van der Waals surface area contributed by atoms with Gasteiger partial charge in [0.1, 0.15) is 23.9 Å². The van der Waals surface area contributed by atoms with Gasteiger partial charge in [0.05, 0.1) is 23.8 Å². The van der Waals surface area contributed by atoms with Crippen molar-refractivity contribution in [2.45, 2.75) is 129 Å². The number of pyridine rings is 1. The number of aromatic nitrogens is 3. The molecule has 0 bridgehead atoms. The van der Waals surface area contributed by atoms with E-state index in [1.54, 1.807) is 12.1 Å². The average molecular weight is 766 g/mol. The van der Waals surface area contributed by atoms with Crippen LogP contribution >= 0.6 is 11.6 Å². The number of carbonyl (C=O) groups excluding carboxylic acids is 6. The van der Waals surface area contributed by atoms with E-state index in [-0.39, 0.29) is 55.1 Å². The van der Waals surface area contributed by atoms with Crippen LogP contribution in [0.15, 0.2) is 36.9 Å². The lowest BCUT2D eigenvalue weighted by Crippen LogP contribution is -2.60. The molecule has 0 aromatic carbocycles. The van der Waals surface area contributed by atoms with Crippen molar-refractivity contribution in [2.24, 2.45) is 17.3 Å². The maximum absolute atomic E-state index is 14.7. The topological polar surface area (TPSA) is 190 Å². The fraction of sp³-hybridized carbons (Fsp3) is 0.615. The maximum atomic E-state index is 14.7. The molecule has 0 radical (unpaired) electrons. The van der Waals surface area contributed by atoms with Crippen molar-refractivity contribution < 1.29 is 33.5 Å². The molecule has 3 heterocycles. The van der Waals surface area contributed by atoms with Gasteiger partial charge in [0.25, 0.3) is 5.91 Å². The predicted octanol–water partition coefficient (Wildman–Crippen LogP) is 4.01. The number of carbonyl (C=O) groups is 6. The lowest BCUT2D eigenvalue weighted by atomic mass is 9.76. The Morgan fingerprint density at radius 3 is 2.31 bits per heavy atom. The molecule has 0 unspecified atom stereocenters. The fourth-order valence-corrected chi connectivity index (χ4v) is 7.38. The minimum Gasteiger partial charge on any atom is -0.472 e. The second kappa shape index (κ2) is 18.2. The van der Waals surface area contributed by atoms with Gasteiger partial charge in [-0.15, -0.1) is 0 Å². The van der Waals surface area contributed by atoms with Crippen molar-refractivity contribution in [3.63, 3.8) is 0 Å². The minimum absolute atomic E-state index is 0.0184. The van der Waals surface area contributed by atoms with E-state index in [1.807, 2.05) is 27.7 Å². The van der Waals surface area contributed by atoms with E-state index in [2.05, 4.69) is 30.9 Å². The summed E-state index contributed by atoms with van der Waals surface area (Å²) in [5.74, 6) is -3.85. The summed E-state index contributed by atoms with van der Waals surface area (Å²) in [5.41, 5.74) is -0.649. The van der Waals surface area contributed by atoms with Crippen molar-refractivity contribution in [3.05, 3.63) is 47.6 Å². The van der Waals surface area contributed by atoms with Crippen molar-refractivity contribution in [1.29, 1.82) is 0 Å². The number of nitrogens with one attached hydrogen (secondary N) is 3. The molecular weight excluding hydrogens is 714 g/mol. The molecule has 0 spiro atoms. The summed E-state index contributed by atoms with van der Waals surface area (Å²) in [6, 6.07) is -0.109. The summed E-state index contributed by atoms with van der Waals surface area (Å²) in [6.45, 7) is 7.29. The third-order valence-electron chi connectivity index (χ3n) is 10.4. The van der Waals surface area contributed by atoms with Gasteiger partial charge in [-0.2, -0.15) is 0 Å². The second-order valence-electron chi connectivity index (χ2n) is 15.8. The first kappa shape index (κ1) is 40.7. The number of nitrogens with zero attached hydrogens (tertiary/aromatic N) is 4. The number of hydrogen-bond donors (Lipinski definition) is 3. The van der Waals surface area contributed by atoms with Gasteiger partial charge in [-0.3, -0.25) is 33.8 Å². The van der Waals surface area contributed by atoms with Crippen LogP contribution in [0.5, 0.6) is 5.88 Å². The SMILES string of the molecule is CCC[C@H](NC(=O)[C@@H]1C[C@@H](Oc2ccc(Cl)cn2)CN1C(=O)[C@@H](NC(=O)[C@@H](CC(=O)c1cnccn1)C1CCCCC1)C(C)(C)C)C(=O)C(=O)NC1CC1. The Kier molecular flexibility index (Phi) is 13.8. The van der Waals surface area contributed by atoms with E-state index in [4.69, 9.17) is 16.3 Å². The highest BCUT2D eigenvalue weighted by Gasteiger charge is 2.47. The summed E-state index contributed by atoms with van der Waals surface area (Å²) in [5, 5.41) is 8.88. The van der Waals surface area contributed by atoms with E-state index in [0.29, 0.717) is 11.4 Å². The lowest BCUT2D eigenvalue weighted by molar-refractivity contribution is -0.145. The van der Waals surface area contributed by atoms with E-state index < -0.39 is 65.0 Å². The summed E-state index contributed by atoms with van der Waals surface area (Å²) in [4.78, 5) is 96.1. The van der Waals surface area contributed by atoms with Crippen LogP contribution in [0.25, 0.3) is 0 Å². The highest BCUT2D eigenvalue weighted by molar-refractivity contribution is 6.38. The van der Waals surface area contributed by atoms with E-state index in [1.165, 1.54) is 29.7 Å². The molecule has 1 saturated heterocycles. The van der Waals surface area contributed by atoms with E-state index >= 15 is 0 Å². The Balaban J connectivity index is 1.39. The Morgan fingerprint density at radius 2 is 1.70 bits per heavy atom. The molecule has 3 aliphatic rings. The quantitative estimate of drug-likeness (QED) is 0.166. The third-order valence-corrected chi connectivity index (χ3v) is 10.6. The van der Waals surface area contributed by atoms with Crippen LogP contribution in [0.2, 0.25) is 5.02 Å². The first-order chi connectivity index (χ1) is 25.7. The monoisotopic (exact) mass is 765 g/mol. The van der Waals surface area contributed by atoms with Gasteiger partial charge in [-0.25, -0.2) is 9.97 Å². The average Bonchev–Trinajstić information content (AvgIpc) is 3.88. The van der Waals surface area contributed by atoms with Gasteiger partial charge in [-0.1, -0.05) is 65.0 Å². The number of hydrogen-bond acceptors (Lipinski definition) is 10. The minimum atomic E-state index is -1.09. The molecule has 5 rings (SSSR count). The van der Waals surface area contributed by atoms with Gasteiger partial charge < -0.3 is 25.6 Å². The molecule has 4 amide bonds. The Hall–Kier alpha value is -4.46. The Labute approximate surface area is 321 Å². The number of ketones is 2. The van der Waals surface area contributed by atoms with E-state index in [0.717, 1.165) is 44.9 Å². The smallest absolute Gasteiger partial charge is 0.289 e. The zero-order valence-corrected chi connectivity index (χ0v) is 32.3. The molecular formula is C39H52ClN7O7. The normalized spacial score (nSPS) is 20.6. The number of ether oxygens (including phenoxy) is 1. The molecule has 15 heteroatoms. The molecule has 3 N–H and O–H groups in total. The summed E-state index contributed by atoms with van der Waals surface area (Å²) in [7, 11) is 0.